The Morgan fingerprint density at radius 1 is 0.634 bits per heavy atom. The lowest BCUT2D eigenvalue weighted by molar-refractivity contribution is -0.132. The highest BCUT2D eigenvalue weighted by Gasteiger charge is 2.23. The zero-order valence-electron chi connectivity index (χ0n) is 26.8. The molecule has 0 radical (unpaired) electrons. The Balaban J connectivity index is 2.54. The quantitative estimate of drug-likeness (QED) is 0.136. The molecule has 6 heteroatoms. The Labute approximate surface area is 248 Å². The van der Waals surface area contributed by atoms with Crippen molar-refractivity contribution in [3.8, 4) is 23.0 Å². The van der Waals surface area contributed by atoms with E-state index in [1.807, 2.05) is 6.92 Å². The second kappa shape index (κ2) is 18.8. The van der Waals surface area contributed by atoms with Gasteiger partial charge in [0, 0.05) is 16.7 Å². The van der Waals surface area contributed by atoms with E-state index in [1.165, 1.54) is 36.5 Å². The van der Waals surface area contributed by atoms with Crippen LogP contribution in [0.2, 0.25) is 0 Å². The molecule has 0 bridgehead atoms. The average Bonchev–Trinajstić information content (AvgIpc) is 2.92. The molecule has 0 saturated heterocycles. The van der Waals surface area contributed by atoms with Crippen molar-refractivity contribution < 1.29 is 29.2 Å². The number of ether oxygens (including phenoxy) is 3. The van der Waals surface area contributed by atoms with Crippen LogP contribution in [0.25, 0.3) is 0 Å². The van der Waals surface area contributed by atoms with E-state index < -0.39 is 5.97 Å². The standard InChI is InChI=1S/C35H52O6/c1-24(16-11-17-26(3)20-13-21-28(5)35(37)38)14-10-15-25(2)18-12-19-27(4)22-23-30-29(6)32(39-7)34(41-9)33(40-8)31(30)36/h14,17-18,21-22,36H,10-13,15-16,19-20,23H2,1-9H3,(H,37,38). The van der Waals surface area contributed by atoms with E-state index in [-0.39, 0.29) is 5.75 Å². The molecule has 1 aromatic carbocycles. The summed E-state index contributed by atoms with van der Waals surface area (Å²) in [5.74, 6) is 0.531. The number of aliphatic carboxylic acids is 1. The zero-order chi connectivity index (χ0) is 30.9. The van der Waals surface area contributed by atoms with Gasteiger partial charge >= 0.3 is 5.97 Å². The number of allylic oxidation sites excluding steroid dienone is 9. The van der Waals surface area contributed by atoms with Crippen LogP contribution in [0.4, 0.5) is 0 Å². The minimum atomic E-state index is -0.842. The van der Waals surface area contributed by atoms with Crippen LogP contribution < -0.4 is 14.2 Å². The summed E-state index contributed by atoms with van der Waals surface area (Å²) in [6.07, 6.45) is 19.3. The van der Waals surface area contributed by atoms with Gasteiger partial charge in [0.1, 0.15) is 0 Å². The van der Waals surface area contributed by atoms with Gasteiger partial charge in [0.15, 0.2) is 11.5 Å². The first-order valence-electron chi connectivity index (χ1n) is 14.5. The molecule has 41 heavy (non-hydrogen) atoms. The van der Waals surface area contributed by atoms with Crippen molar-refractivity contribution in [1.82, 2.24) is 0 Å². The van der Waals surface area contributed by atoms with E-state index in [1.54, 1.807) is 20.1 Å². The highest BCUT2D eigenvalue weighted by molar-refractivity contribution is 5.85. The van der Waals surface area contributed by atoms with Crippen LogP contribution in [-0.2, 0) is 11.2 Å². The van der Waals surface area contributed by atoms with Gasteiger partial charge in [0.05, 0.1) is 21.3 Å². The van der Waals surface area contributed by atoms with Gasteiger partial charge in [-0.25, -0.2) is 4.79 Å². The maximum Gasteiger partial charge on any atom is 0.330 e. The van der Waals surface area contributed by atoms with Crippen LogP contribution in [-0.4, -0.2) is 37.5 Å². The predicted octanol–water partition coefficient (Wildman–Crippen LogP) is 9.21. The fraction of sp³-hybridized carbons (Fsp3) is 0.514. The molecule has 0 unspecified atom stereocenters. The van der Waals surface area contributed by atoms with E-state index in [9.17, 15) is 9.90 Å². The summed E-state index contributed by atoms with van der Waals surface area (Å²) in [7, 11) is 4.64. The maximum absolute atomic E-state index is 10.9. The second-order valence-corrected chi connectivity index (χ2v) is 10.8. The van der Waals surface area contributed by atoms with Gasteiger partial charge in [-0.2, -0.15) is 0 Å². The lowest BCUT2D eigenvalue weighted by Gasteiger charge is -2.19. The van der Waals surface area contributed by atoms with Crippen molar-refractivity contribution in [3.05, 3.63) is 69.4 Å². The normalized spacial score (nSPS) is 13.4. The van der Waals surface area contributed by atoms with Crippen molar-refractivity contribution >= 4 is 5.97 Å². The fourth-order valence-corrected chi connectivity index (χ4v) is 4.63. The molecule has 0 atom stereocenters. The molecular formula is C35H52O6. The topological polar surface area (TPSA) is 85.2 Å². The summed E-state index contributed by atoms with van der Waals surface area (Å²) in [5, 5.41) is 19.7. The van der Waals surface area contributed by atoms with Crippen LogP contribution in [0.1, 0.15) is 97.1 Å². The Morgan fingerprint density at radius 2 is 1.02 bits per heavy atom. The van der Waals surface area contributed by atoms with Gasteiger partial charge in [0.25, 0.3) is 0 Å². The largest absolute Gasteiger partial charge is 0.504 e. The number of hydrogen-bond donors (Lipinski definition) is 2. The van der Waals surface area contributed by atoms with E-state index >= 15 is 0 Å². The van der Waals surface area contributed by atoms with E-state index in [0.29, 0.717) is 29.2 Å². The van der Waals surface area contributed by atoms with E-state index in [0.717, 1.165) is 62.5 Å². The van der Waals surface area contributed by atoms with Crippen molar-refractivity contribution in [2.45, 2.75) is 99.3 Å². The minimum Gasteiger partial charge on any atom is -0.504 e. The number of aromatic hydroxyl groups is 1. The van der Waals surface area contributed by atoms with Crippen LogP contribution in [0, 0.1) is 6.92 Å². The molecule has 0 aliphatic rings. The minimum absolute atomic E-state index is 0.0948. The highest BCUT2D eigenvalue weighted by Crippen LogP contribution is 2.49. The van der Waals surface area contributed by atoms with Gasteiger partial charge in [0.2, 0.25) is 11.5 Å². The molecule has 0 spiro atoms. The summed E-state index contributed by atoms with van der Waals surface area (Å²) in [5.41, 5.74) is 7.43. The summed E-state index contributed by atoms with van der Waals surface area (Å²) < 4.78 is 16.3. The number of phenolic OH excluding ortho intramolecular Hbond substituents is 1. The summed E-state index contributed by atoms with van der Waals surface area (Å²) in [6, 6.07) is 0. The zero-order valence-corrected chi connectivity index (χ0v) is 26.8. The number of carboxylic acid groups (broad SMARTS) is 1. The summed E-state index contributed by atoms with van der Waals surface area (Å²) in [4.78, 5) is 10.9. The summed E-state index contributed by atoms with van der Waals surface area (Å²) in [6.45, 7) is 12.2. The van der Waals surface area contributed by atoms with Crippen molar-refractivity contribution in [1.29, 1.82) is 0 Å². The highest BCUT2D eigenvalue weighted by atomic mass is 16.5. The van der Waals surface area contributed by atoms with Crippen LogP contribution in [0.15, 0.2) is 58.2 Å². The van der Waals surface area contributed by atoms with E-state index in [2.05, 4.69) is 52.0 Å². The molecule has 1 rings (SSSR count). The Morgan fingerprint density at radius 3 is 1.41 bits per heavy atom. The maximum atomic E-state index is 10.9. The fourth-order valence-electron chi connectivity index (χ4n) is 4.63. The molecule has 1 aromatic rings. The molecule has 0 fully saturated rings. The molecular weight excluding hydrogens is 516 g/mol. The number of carboxylic acids is 1. The average molecular weight is 569 g/mol. The second-order valence-electron chi connectivity index (χ2n) is 10.8. The van der Waals surface area contributed by atoms with E-state index in [4.69, 9.17) is 19.3 Å². The van der Waals surface area contributed by atoms with Crippen LogP contribution in [0.5, 0.6) is 23.0 Å². The third-order valence-electron chi connectivity index (χ3n) is 7.39. The number of carbonyl (C=O) groups is 1. The van der Waals surface area contributed by atoms with Gasteiger partial charge in [-0.3, -0.25) is 0 Å². The third kappa shape index (κ3) is 12.3. The van der Waals surface area contributed by atoms with Crippen LogP contribution in [0.3, 0.4) is 0 Å². The first-order chi connectivity index (χ1) is 19.5. The Hall–Kier alpha value is -3.41. The molecule has 6 nitrogen and oxygen atoms in total. The van der Waals surface area contributed by atoms with Gasteiger partial charge in [-0.15, -0.1) is 0 Å². The molecule has 228 valence electrons. The number of rotatable bonds is 18. The number of hydrogen-bond acceptors (Lipinski definition) is 5. The Bertz CT molecular complexity index is 1130. The van der Waals surface area contributed by atoms with Crippen molar-refractivity contribution in [2.75, 3.05) is 21.3 Å². The van der Waals surface area contributed by atoms with Crippen LogP contribution >= 0.6 is 0 Å². The molecule has 0 aliphatic heterocycles. The molecule has 0 amide bonds. The molecule has 0 aliphatic carbocycles. The van der Waals surface area contributed by atoms with Crippen molar-refractivity contribution in [2.24, 2.45) is 0 Å². The number of benzene rings is 1. The van der Waals surface area contributed by atoms with Crippen molar-refractivity contribution in [3.63, 3.8) is 0 Å². The first kappa shape index (κ1) is 35.6. The monoisotopic (exact) mass is 568 g/mol. The lowest BCUT2D eigenvalue weighted by atomic mass is 9.99. The molecule has 2 N–H and O–H groups in total. The van der Waals surface area contributed by atoms with Gasteiger partial charge < -0.3 is 24.4 Å². The smallest absolute Gasteiger partial charge is 0.330 e. The molecule has 0 aromatic heterocycles. The number of methoxy groups -OCH3 is 3. The number of phenols is 1. The SMILES string of the molecule is COc1c(C)c(CC=C(C)CCC=C(C)CCC=C(C)CCC=C(C)CCC=C(C)C(=O)O)c(O)c(OC)c1OC. The van der Waals surface area contributed by atoms with Gasteiger partial charge in [-0.1, -0.05) is 52.7 Å². The molecule has 0 saturated carbocycles. The first-order valence-corrected chi connectivity index (χ1v) is 14.5. The summed E-state index contributed by atoms with van der Waals surface area (Å²) >= 11 is 0. The Kier molecular flexibility index (Phi) is 16.4. The molecule has 0 heterocycles. The lowest BCUT2D eigenvalue weighted by Crippen LogP contribution is -2.01. The third-order valence-corrected chi connectivity index (χ3v) is 7.39. The predicted molar refractivity (Wildman–Crippen MR) is 170 cm³/mol. The van der Waals surface area contributed by atoms with Gasteiger partial charge in [-0.05, 0) is 99.3 Å².